The maximum atomic E-state index is 12.9. The Morgan fingerprint density at radius 2 is 0.708 bits per heavy atom. The molecule has 3 atom stereocenters. The zero-order valence-electron chi connectivity index (χ0n) is 45.6. The van der Waals surface area contributed by atoms with Crippen LogP contribution >= 0.6 is 7.82 Å². The van der Waals surface area contributed by atoms with Gasteiger partial charge in [0.2, 0.25) is 0 Å². The van der Waals surface area contributed by atoms with E-state index in [1.54, 1.807) is 0 Å². The van der Waals surface area contributed by atoms with Gasteiger partial charge in [-0.3, -0.25) is 23.4 Å². The fourth-order valence-corrected chi connectivity index (χ4v) is 8.16. The van der Waals surface area contributed by atoms with Crippen LogP contribution in [0.5, 0.6) is 0 Å². The van der Waals surface area contributed by atoms with Gasteiger partial charge in [-0.2, -0.15) is 0 Å². The molecule has 72 heavy (non-hydrogen) atoms. The molecule has 0 heterocycles. The third kappa shape index (κ3) is 51.6. The largest absolute Gasteiger partial charge is 0.472 e. The Hall–Kier alpha value is -3.34. The summed E-state index contributed by atoms with van der Waals surface area (Å²) in [6.07, 6.45) is 61.1. The van der Waals surface area contributed by atoms with Crippen LogP contribution in [0.25, 0.3) is 0 Å². The van der Waals surface area contributed by atoms with Crippen LogP contribution in [-0.2, 0) is 42.2 Å². The topological polar surface area (TPSA) is 155 Å². The summed E-state index contributed by atoms with van der Waals surface area (Å²) in [6, 6.07) is 0. The fraction of sp³-hybridized carbons (Fsp3) is 0.717. The van der Waals surface area contributed by atoms with Crippen LogP contribution < -0.4 is 0 Å². The molecule has 0 amide bonds. The summed E-state index contributed by atoms with van der Waals surface area (Å²) < 4.78 is 39.4. The van der Waals surface area contributed by atoms with Crippen LogP contribution in [-0.4, -0.2) is 66.5 Å². The van der Waals surface area contributed by atoms with E-state index in [2.05, 4.69) is 106 Å². The molecule has 0 spiro atoms. The number of phosphoric ester groups is 1. The zero-order valence-corrected chi connectivity index (χ0v) is 46.5. The van der Waals surface area contributed by atoms with Gasteiger partial charge in [-0.25, -0.2) is 4.57 Å². The average Bonchev–Trinajstić information content (AvgIpc) is 3.37. The zero-order chi connectivity index (χ0) is 52.7. The van der Waals surface area contributed by atoms with E-state index in [1.165, 1.54) is 25.7 Å². The van der Waals surface area contributed by atoms with Gasteiger partial charge in [-0.05, 0) is 109 Å². The van der Waals surface area contributed by atoms with Crippen LogP contribution in [0, 0.1) is 0 Å². The number of carbonyl (C=O) groups excluding carboxylic acids is 3. The Bertz CT molecular complexity index is 1530. The monoisotopic (exact) mass is 1030 g/mol. The summed E-state index contributed by atoms with van der Waals surface area (Å²) in [5, 5.41) is 9.79. The van der Waals surface area contributed by atoms with Gasteiger partial charge in [0.15, 0.2) is 6.10 Å². The quantitative estimate of drug-likeness (QED) is 0.0197. The van der Waals surface area contributed by atoms with Crippen LogP contribution in [0.2, 0.25) is 0 Å². The predicted molar refractivity (Wildman–Crippen MR) is 298 cm³/mol. The molecule has 11 nitrogen and oxygen atoms in total. The van der Waals surface area contributed by atoms with E-state index in [-0.39, 0.29) is 25.9 Å². The highest BCUT2D eigenvalue weighted by atomic mass is 31.2. The molecule has 12 heteroatoms. The lowest BCUT2D eigenvalue weighted by molar-refractivity contribution is -0.161. The van der Waals surface area contributed by atoms with E-state index in [1.807, 2.05) is 0 Å². The van der Waals surface area contributed by atoms with Crippen molar-refractivity contribution in [3.8, 4) is 0 Å². The van der Waals surface area contributed by atoms with Gasteiger partial charge in [-0.15, -0.1) is 0 Å². The number of aliphatic hydroxyl groups excluding tert-OH is 1. The molecule has 3 unspecified atom stereocenters. The summed E-state index contributed by atoms with van der Waals surface area (Å²) in [4.78, 5) is 48.5. The van der Waals surface area contributed by atoms with Crippen molar-refractivity contribution in [3.05, 3.63) is 85.1 Å². The summed E-state index contributed by atoms with van der Waals surface area (Å²) in [6.45, 7) is 4.43. The molecule has 0 fully saturated rings. The van der Waals surface area contributed by atoms with Crippen molar-refractivity contribution in [1.82, 2.24) is 0 Å². The van der Waals surface area contributed by atoms with Crippen LogP contribution in [0.15, 0.2) is 85.1 Å². The number of carbonyl (C=O) groups is 3. The highest BCUT2D eigenvalue weighted by molar-refractivity contribution is 7.47. The number of rotatable bonds is 52. The number of hydrogen-bond acceptors (Lipinski definition) is 10. The molecule has 0 aliphatic carbocycles. The normalized spacial score (nSPS) is 14.0. The summed E-state index contributed by atoms with van der Waals surface area (Å²) in [7, 11) is -4.76. The SMILES string of the molecule is CCC/C=C\C/C=C\CCCCCCCC(=O)OC(CO)COP(=O)(O)OCC(COC(=O)CCCCCCCC/C=C\C/C=C\C/C=C\CCCCC)OC(=O)CCCCCCC/C=C\C/C=C\CCC. The van der Waals surface area contributed by atoms with E-state index in [0.717, 1.165) is 154 Å². The molecule has 0 aromatic rings. The smallest absolute Gasteiger partial charge is 0.462 e. The number of ether oxygens (including phenoxy) is 3. The van der Waals surface area contributed by atoms with Crippen LogP contribution in [0.3, 0.4) is 0 Å². The minimum absolute atomic E-state index is 0.144. The molecular formula is C60H103O11P. The lowest BCUT2D eigenvalue weighted by atomic mass is 10.1. The molecule has 0 radical (unpaired) electrons. The summed E-state index contributed by atoms with van der Waals surface area (Å²) >= 11 is 0. The second-order valence-corrected chi connectivity index (χ2v) is 20.2. The first-order valence-corrected chi connectivity index (χ1v) is 30.0. The number of esters is 3. The first-order chi connectivity index (χ1) is 35.2. The van der Waals surface area contributed by atoms with E-state index in [0.29, 0.717) is 19.3 Å². The molecule has 0 aromatic carbocycles. The Labute approximate surface area is 439 Å². The third-order valence-corrected chi connectivity index (χ3v) is 12.7. The molecule has 0 saturated heterocycles. The highest BCUT2D eigenvalue weighted by Gasteiger charge is 2.28. The van der Waals surface area contributed by atoms with Crippen molar-refractivity contribution in [2.45, 2.75) is 251 Å². The van der Waals surface area contributed by atoms with Crippen LogP contribution in [0.4, 0.5) is 0 Å². The van der Waals surface area contributed by atoms with Crippen molar-refractivity contribution in [3.63, 3.8) is 0 Å². The van der Waals surface area contributed by atoms with E-state index < -0.39 is 57.8 Å². The lowest BCUT2D eigenvalue weighted by Gasteiger charge is -2.21. The van der Waals surface area contributed by atoms with Crippen molar-refractivity contribution in [2.75, 3.05) is 26.4 Å². The number of phosphoric acid groups is 1. The first-order valence-electron chi connectivity index (χ1n) is 28.5. The maximum Gasteiger partial charge on any atom is 0.472 e. The van der Waals surface area contributed by atoms with Gasteiger partial charge < -0.3 is 24.2 Å². The first kappa shape index (κ1) is 68.7. The molecular weight excluding hydrogens is 928 g/mol. The number of hydrogen-bond donors (Lipinski definition) is 2. The minimum Gasteiger partial charge on any atom is -0.462 e. The Morgan fingerprint density at radius 3 is 1.10 bits per heavy atom. The molecule has 0 aromatic heterocycles. The number of unbranched alkanes of at least 4 members (excludes halogenated alkanes) is 21. The Morgan fingerprint density at radius 1 is 0.389 bits per heavy atom. The lowest BCUT2D eigenvalue weighted by Crippen LogP contribution is -2.30. The molecule has 0 aliphatic heterocycles. The molecule has 2 N–H and O–H groups in total. The maximum absolute atomic E-state index is 12.9. The molecule has 0 bridgehead atoms. The predicted octanol–water partition coefficient (Wildman–Crippen LogP) is 16.7. The van der Waals surface area contributed by atoms with Gasteiger partial charge in [0.25, 0.3) is 0 Å². The molecule has 0 saturated carbocycles. The Balaban J connectivity index is 4.75. The van der Waals surface area contributed by atoms with Gasteiger partial charge in [-0.1, -0.05) is 196 Å². The standard InChI is InChI=1S/C60H103O11P/c1-4-7-10-13-16-19-22-25-26-27-28-29-30-33-34-37-40-43-46-49-58(62)67-53-57(71-60(64)51-48-45-42-39-36-32-24-21-18-15-12-9-6-3)55-69-72(65,66)68-54-56(52-61)70-59(63)50-47-44-41-38-35-31-23-20-17-14-11-8-5-2/h11-12,14-16,19-21,23-26,28-29,56-57,61H,4-10,13,17-18,22,27,30-55H2,1-3H3,(H,65,66)/b14-11-,15-12-,19-16-,23-20-,24-21-,26-25-,29-28-. The van der Waals surface area contributed by atoms with Gasteiger partial charge in [0.05, 0.1) is 19.8 Å². The summed E-state index contributed by atoms with van der Waals surface area (Å²) in [5.74, 6) is -1.51. The van der Waals surface area contributed by atoms with Crippen molar-refractivity contribution >= 4 is 25.7 Å². The summed E-state index contributed by atoms with van der Waals surface area (Å²) in [5.41, 5.74) is 0. The van der Waals surface area contributed by atoms with Gasteiger partial charge >= 0.3 is 25.7 Å². The molecule has 414 valence electrons. The van der Waals surface area contributed by atoms with Crippen molar-refractivity contribution in [2.24, 2.45) is 0 Å². The highest BCUT2D eigenvalue weighted by Crippen LogP contribution is 2.43. The average molecular weight is 1030 g/mol. The Kier molecular flexibility index (Phi) is 51.4. The van der Waals surface area contributed by atoms with E-state index in [4.69, 9.17) is 23.3 Å². The molecule has 0 rings (SSSR count). The fourth-order valence-electron chi connectivity index (χ4n) is 7.38. The second kappa shape index (κ2) is 53.9. The van der Waals surface area contributed by atoms with Crippen molar-refractivity contribution < 1.29 is 52.2 Å². The van der Waals surface area contributed by atoms with E-state index >= 15 is 0 Å². The van der Waals surface area contributed by atoms with Crippen molar-refractivity contribution in [1.29, 1.82) is 0 Å². The van der Waals surface area contributed by atoms with Crippen LogP contribution in [0.1, 0.15) is 239 Å². The third-order valence-electron chi connectivity index (χ3n) is 11.7. The van der Waals surface area contributed by atoms with Gasteiger partial charge in [0, 0.05) is 19.3 Å². The second-order valence-electron chi connectivity index (χ2n) is 18.7. The number of allylic oxidation sites excluding steroid dienone is 14. The number of aliphatic hydroxyl groups is 1. The van der Waals surface area contributed by atoms with Gasteiger partial charge in [0.1, 0.15) is 12.7 Å². The minimum atomic E-state index is -4.76. The van der Waals surface area contributed by atoms with E-state index in [9.17, 15) is 28.9 Å². The molecule has 0 aliphatic rings.